The van der Waals surface area contributed by atoms with E-state index >= 15 is 0 Å². The fourth-order valence-electron chi connectivity index (χ4n) is 3.23. The number of hydrogen-bond donors (Lipinski definition) is 0. The Hall–Kier alpha value is -1.86. The van der Waals surface area contributed by atoms with Crippen LogP contribution in [-0.2, 0) is 14.6 Å². The molecule has 0 radical (unpaired) electrons. The number of sulfone groups is 1. The molecule has 0 heterocycles. The number of carbonyl (C=O) groups is 1. The van der Waals surface area contributed by atoms with Gasteiger partial charge in [0, 0.05) is 30.2 Å². The van der Waals surface area contributed by atoms with Gasteiger partial charge in [0.15, 0.2) is 9.84 Å². The molecule has 1 amide bonds. The summed E-state index contributed by atoms with van der Waals surface area (Å²) in [7, 11) is -1.43. The van der Waals surface area contributed by atoms with Crippen molar-refractivity contribution in [3.05, 3.63) is 58.6 Å². The monoisotopic (exact) mass is 465 g/mol. The average Bonchev–Trinajstić information content (AvgIpc) is 3.45. The Morgan fingerprint density at radius 3 is 2.61 bits per heavy atom. The Morgan fingerprint density at radius 2 is 1.93 bits per heavy atom. The molecule has 0 aliphatic heterocycles. The molecule has 0 saturated heterocycles. The van der Waals surface area contributed by atoms with Crippen molar-refractivity contribution in [2.24, 2.45) is 5.92 Å². The Kier molecular flexibility index (Phi) is 6.45. The maximum absolute atomic E-state index is 12.6. The largest absolute Gasteiger partial charge is 0.493 e. The van der Waals surface area contributed by atoms with E-state index in [2.05, 4.69) is 28.1 Å². The van der Waals surface area contributed by atoms with Crippen LogP contribution in [0.15, 0.2) is 57.9 Å². The van der Waals surface area contributed by atoms with Crippen molar-refractivity contribution in [3.8, 4) is 5.75 Å². The zero-order valence-electron chi connectivity index (χ0n) is 16.0. The molecule has 1 aliphatic rings. The van der Waals surface area contributed by atoms with E-state index in [-0.39, 0.29) is 16.7 Å². The van der Waals surface area contributed by atoms with Gasteiger partial charge in [-0.1, -0.05) is 34.1 Å². The molecule has 2 atom stereocenters. The number of amides is 1. The van der Waals surface area contributed by atoms with Crippen molar-refractivity contribution in [2.45, 2.75) is 23.7 Å². The summed E-state index contributed by atoms with van der Waals surface area (Å²) in [5, 5.41) is 0. The second kappa shape index (κ2) is 8.66. The van der Waals surface area contributed by atoms with E-state index in [4.69, 9.17) is 4.74 Å². The first-order valence-corrected chi connectivity index (χ1v) is 11.9. The van der Waals surface area contributed by atoms with Crippen LogP contribution in [0.3, 0.4) is 0 Å². The molecular formula is C21H24BrNO4S. The third-order valence-corrected chi connectivity index (χ3v) is 6.56. The van der Waals surface area contributed by atoms with Gasteiger partial charge in [-0.25, -0.2) is 8.42 Å². The summed E-state index contributed by atoms with van der Waals surface area (Å²) in [4.78, 5) is 14.6. The molecule has 0 bridgehead atoms. The quantitative estimate of drug-likeness (QED) is 0.554. The van der Waals surface area contributed by atoms with Gasteiger partial charge in [-0.05, 0) is 54.7 Å². The Balaban J connectivity index is 1.43. The van der Waals surface area contributed by atoms with Gasteiger partial charge in [-0.2, -0.15) is 0 Å². The van der Waals surface area contributed by atoms with Crippen LogP contribution in [0.1, 0.15) is 24.3 Å². The van der Waals surface area contributed by atoms with Gasteiger partial charge in [0.2, 0.25) is 5.91 Å². The molecule has 1 fully saturated rings. The van der Waals surface area contributed by atoms with E-state index in [1.54, 1.807) is 23.1 Å². The summed E-state index contributed by atoms with van der Waals surface area (Å²) in [6.45, 7) is 1.03. The lowest BCUT2D eigenvalue weighted by atomic mass is 10.1. The van der Waals surface area contributed by atoms with E-state index in [1.165, 1.54) is 17.9 Å². The minimum absolute atomic E-state index is 0.0681. The molecule has 0 aromatic heterocycles. The first-order chi connectivity index (χ1) is 13.3. The second-order valence-electron chi connectivity index (χ2n) is 7.21. The molecule has 2 unspecified atom stereocenters. The zero-order chi connectivity index (χ0) is 20.3. The normalized spacial score (nSPS) is 18.5. The molecule has 150 valence electrons. The van der Waals surface area contributed by atoms with E-state index in [0.29, 0.717) is 31.2 Å². The lowest BCUT2D eigenvalue weighted by molar-refractivity contribution is -0.131. The van der Waals surface area contributed by atoms with E-state index in [1.807, 2.05) is 19.2 Å². The highest BCUT2D eigenvalue weighted by atomic mass is 79.9. The zero-order valence-corrected chi connectivity index (χ0v) is 18.4. The maximum Gasteiger partial charge on any atom is 0.226 e. The molecule has 7 heteroatoms. The van der Waals surface area contributed by atoms with E-state index in [0.717, 1.165) is 10.9 Å². The van der Waals surface area contributed by atoms with Crippen LogP contribution in [0, 0.1) is 5.92 Å². The topological polar surface area (TPSA) is 63.7 Å². The molecule has 0 N–H and O–H groups in total. The lowest BCUT2D eigenvalue weighted by Gasteiger charge is -2.17. The molecule has 28 heavy (non-hydrogen) atoms. The van der Waals surface area contributed by atoms with Gasteiger partial charge >= 0.3 is 0 Å². The number of rotatable bonds is 8. The molecule has 5 nitrogen and oxygen atoms in total. The highest BCUT2D eigenvalue weighted by Gasteiger charge is 2.44. The third-order valence-electron chi connectivity index (χ3n) is 4.92. The minimum Gasteiger partial charge on any atom is -0.493 e. The van der Waals surface area contributed by atoms with Crippen LogP contribution >= 0.6 is 15.9 Å². The smallest absolute Gasteiger partial charge is 0.226 e. The highest BCUT2D eigenvalue weighted by molar-refractivity contribution is 9.10. The standard InChI is InChI=1S/C21H24BrNO4S/c1-23(21(24)20-14-19(20)15-7-9-16(22)10-8-15)11-4-12-27-17-5-3-6-18(13-17)28(2,25)26/h3,5-10,13,19-20H,4,11-12,14H2,1-2H3. The first kappa shape index (κ1) is 20.9. The predicted molar refractivity (Wildman–Crippen MR) is 112 cm³/mol. The van der Waals surface area contributed by atoms with Gasteiger partial charge in [0.1, 0.15) is 5.75 Å². The summed E-state index contributed by atoms with van der Waals surface area (Å²) in [5.74, 6) is 1.08. The van der Waals surface area contributed by atoms with E-state index < -0.39 is 9.84 Å². The van der Waals surface area contributed by atoms with Gasteiger partial charge in [0.25, 0.3) is 0 Å². The van der Waals surface area contributed by atoms with Crippen LogP contribution in [0.2, 0.25) is 0 Å². The number of benzene rings is 2. The summed E-state index contributed by atoms with van der Waals surface area (Å²) in [6, 6.07) is 14.6. The summed E-state index contributed by atoms with van der Waals surface area (Å²) in [5.41, 5.74) is 1.21. The second-order valence-corrected chi connectivity index (χ2v) is 10.1. The average molecular weight is 466 g/mol. The van der Waals surface area contributed by atoms with Crippen molar-refractivity contribution >= 4 is 31.7 Å². The molecule has 0 spiro atoms. The molecule has 2 aromatic rings. The minimum atomic E-state index is -3.25. The SMILES string of the molecule is CN(CCCOc1cccc(S(C)(=O)=O)c1)C(=O)C1CC1c1ccc(Br)cc1. The van der Waals surface area contributed by atoms with Crippen molar-refractivity contribution in [2.75, 3.05) is 26.5 Å². The number of ether oxygens (including phenoxy) is 1. The number of nitrogens with zero attached hydrogens (tertiary/aromatic N) is 1. The van der Waals surface area contributed by atoms with Gasteiger partial charge in [-0.3, -0.25) is 4.79 Å². The van der Waals surface area contributed by atoms with E-state index in [9.17, 15) is 13.2 Å². The number of halogens is 1. The van der Waals surface area contributed by atoms with Gasteiger partial charge < -0.3 is 9.64 Å². The summed E-state index contributed by atoms with van der Waals surface area (Å²) in [6.07, 6.45) is 2.76. The molecular weight excluding hydrogens is 442 g/mol. The van der Waals surface area contributed by atoms with Crippen molar-refractivity contribution in [1.82, 2.24) is 4.90 Å². The highest BCUT2D eigenvalue weighted by Crippen LogP contribution is 2.48. The predicted octanol–water partition coefficient (Wildman–Crippen LogP) is 3.88. The Labute approximate surface area is 174 Å². The lowest BCUT2D eigenvalue weighted by Crippen LogP contribution is -2.30. The molecule has 3 rings (SSSR count). The molecule has 2 aromatic carbocycles. The van der Waals surface area contributed by atoms with Crippen LogP contribution < -0.4 is 4.74 Å². The van der Waals surface area contributed by atoms with Crippen molar-refractivity contribution < 1.29 is 17.9 Å². The molecule has 1 aliphatic carbocycles. The van der Waals surface area contributed by atoms with Crippen LogP contribution in [0.4, 0.5) is 0 Å². The fraction of sp³-hybridized carbons (Fsp3) is 0.381. The third kappa shape index (κ3) is 5.35. The van der Waals surface area contributed by atoms with Crippen LogP contribution in [0.25, 0.3) is 0 Å². The fourth-order valence-corrected chi connectivity index (χ4v) is 4.15. The summed E-state index contributed by atoms with van der Waals surface area (Å²) < 4.78 is 29.9. The van der Waals surface area contributed by atoms with Crippen molar-refractivity contribution in [1.29, 1.82) is 0 Å². The van der Waals surface area contributed by atoms with Gasteiger partial charge in [-0.15, -0.1) is 0 Å². The number of carbonyl (C=O) groups excluding carboxylic acids is 1. The van der Waals surface area contributed by atoms with Crippen molar-refractivity contribution in [3.63, 3.8) is 0 Å². The Bertz CT molecular complexity index is 943. The first-order valence-electron chi connectivity index (χ1n) is 9.19. The Morgan fingerprint density at radius 1 is 1.21 bits per heavy atom. The molecule has 1 saturated carbocycles. The maximum atomic E-state index is 12.6. The number of hydrogen-bond acceptors (Lipinski definition) is 4. The van der Waals surface area contributed by atoms with Crippen LogP contribution in [0.5, 0.6) is 5.75 Å². The van der Waals surface area contributed by atoms with Gasteiger partial charge in [0.05, 0.1) is 11.5 Å². The van der Waals surface area contributed by atoms with Crippen LogP contribution in [-0.4, -0.2) is 45.7 Å². The summed E-state index contributed by atoms with van der Waals surface area (Å²) >= 11 is 3.43.